The maximum Gasteiger partial charge on any atom is 0.124 e. The fourth-order valence-electron chi connectivity index (χ4n) is 8.42. The summed E-state index contributed by atoms with van der Waals surface area (Å²) in [6.45, 7) is 0. The highest BCUT2D eigenvalue weighted by Crippen LogP contribution is 2.43. The van der Waals surface area contributed by atoms with Gasteiger partial charge in [0.1, 0.15) is 5.01 Å². The summed E-state index contributed by atoms with van der Waals surface area (Å²) in [4.78, 5) is 5.34. The molecule has 4 heteroatoms. The normalized spacial score (nSPS) is 12.7. The van der Waals surface area contributed by atoms with E-state index in [0.29, 0.717) is 0 Å². The fourth-order valence-corrected chi connectivity index (χ4v) is 9.55. The van der Waals surface area contributed by atoms with E-state index < -0.39 is 0 Å². The van der Waals surface area contributed by atoms with E-state index in [1.54, 1.807) is 11.3 Å². The molecule has 0 N–H and O–H groups in total. The minimum absolute atomic E-state index is 1.03. The fraction of sp³-hybridized carbons (Fsp3) is 0.0408. The van der Waals surface area contributed by atoms with Gasteiger partial charge in [-0.25, -0.2) is 4.98 Å². The van der Waals surface area contributed by atoms with E-state index in [1.165, 1.54) is 65.5 Å². The van der Waals surface area contributed by atoms with E-state index in [4.69, 9.17) is 4.98 Å². The maximum absolute atomic E-state index is 5.34. The first-order chi connectivity index (χ1) is 26.3. The molecule has 7 aromatic carbocycles. The Morgan fingerprint density at radius 2 is 1.02 bits per heavy atom. The van der Waals surface area contributed by atoms with Gasteiger partial charge in [-0.15, -0.1) is 11.3 Å². The molecule has 0 radical (unpaired) electrons. The summed E-state index contributed by atoms with van der Waals surface area (Å²) >= 11 is 1.78. The van der Waals surface area contributed by atoms with Crippen LogP contribution in [-0.4, -0.2) is 14.1 Å². The van der Waals surface area contributed by atoms with E-state index in [9.17, 15) is 0 Å². The Morgan fingerprint density at radius 3 is 1.70 bits per heavy atom. The first-order valence-corrected chi connectivity index (χ1v) is 19.1. The molecule has 0 unspecified atom stereocenters. The van der Waals surface area contributed by atoms with Gasteiger partial charge < -0.3 is 9.13 Å². The van der Waals surface area contributed by atoms with Crippen LogP contribution < -0.4 is 0 Å². The largest absolute Gasteiger partial charge is 0.310 e. The summed E-state index contributed by atoms with van der Waals surface area (Å²) in [5.74, 6) is 0. The minimum atomic E-state index is 1.03. The lowest BCUT2D eigenvalue weighted by Crippen LogP contribution is -2.00. The third-order valence-electron chi connectivity index (χ3n) is 10.9. The van der Waals surface area contributed by atoms with Gasteiger partial charge in [-0.3, -0.25) is 0 Å². The summed E-state index contributed by atoms with van der Waals surface area (Å²) in [5.41, 5.74) is 15.7. The molecule has 1 aliphatic carbocycles. The average Bonchev–Trinajstić information content (AvgIpc) is 3.92. The molecular formula is C49H33N3S. The van der Waals surface area contributed by atoms with Gasteiger partial charge in [-0.05, 0) is 78.1 Å². The molecule has 0 saturated heterocycles. The van der Waals surface area contributed by atoms with Gasteiger partial charge in [0.15, 0.2) is 0 Å². The maximum atomic E-state index is 5.34. The lowest BCUT2D eigenvalue weighted by molar-refractivity contribution is 0.967. The number of thiazole rings is 1. The van der Waals surface area contributed by atoms with E-state index in [1.807, 2.05) is 0 Å². The molecule has 10 aromatic rings. The Morgan fingerprint density at radius 1 is 0.472 bits per heavy atom. The van der Waals surface area contributed by atoms with Gasteiger partial charge in [0.05, 0.1) is 26.8 Å². The van der Waals surface area contributed by atoms with Gasteiger partial charge >= 0.3 is 0 Å². The van der Waals surface area contributed by atoms with Crippen LogP contribution in [0.25, 0.3) is 93.2 Å². The van der Waals surface area contributed by atoms with Crippen molar-refractivity contribution in [3.8, 4) is 44.2 Å². The van der Waals surface area contributed by atoms with Crippen LogP contribution in [0.3, 0.4) is 0 Å². The molecular weight excluding hydrogens is 663 g/mol. The van der Waals surface area contributed by atoms with Gasteiger partial charge in [-0.2, -0.15) is 0 Å². The Kier molecular flexibility index (Phi) is 6.86. The van der Waals surface area contributed by atoms with Crippen molar-refractivity contribution in [2.45, 2.75) is 12.8 Å². The highest BCUT2D eigenvalue weighted by molar-refractivity contribution is 7.22. The van der Waals surface area contributed by atoms with Gasteiger partial charge in [0, 0.05) is 49.9 Å². The van der Waals surface area contributed by atoms with Crippen molar-refractivity contribution in [1.29, 1.82) is 0 Å². The van der Waals surface area contributed by atoms with Crippen LogP contribution in [0.2, 0.25) is 0 Å². The molecule has 250 valence electrons. The van der Waals surface area contributed by atoms with Crippen LogP contribution in [0.5, 0.6) is 0 Å². The van der Waals surface area contributed by atoms with Crippen LogP contribution in [0.1, 0.15) is 17.7 Å². The number of benzene rings is 7. The van der Waals surface area contributed by atoms with E-state index in [0.717, 1.165) is 45.7 Å². The third-order valence-corrected chi connectivity index (χ3v) is 12.0. The van der Waals surface area contributed by atoms with Crippen molar-refractivity contribution in [1.82, 2.24) is 14.1 Å². The van der Waals surface area contributed by atoms with E-state index in [2.05, 4.69) is 185 Å². The monoisotopic (exact) mass is 695 g/mol. The summed E-state index contributed by atoms with van der Waals surface area (Å²) in [5, 5.41) is 4.93. The Bertz CT molecular complexity index is 2980. The molecule has 0 saturated carbocycles. The number of para-hydroxylation sites is 3. The zero-order chi connectivity index (χ0) is 34.9. The zero-order valence-corrected chi connectivity index (χ0v) is 29.7. The van der Waals surface area contributed by atoms with E-state index >= 15 is 0 Å². The van der Waals surface area contributed by atoms with Gasteiger partial charge in [0.2, 0.25) is 0 Å². The standard InChI is InChI=1S/C49H33N3S/c1-2-12-34(13-3-1)49-50-47-37(32-22-26-35(27-23-32)51-43-18-8-4-14-39(43)40-15-5-9-19-44(40)51)30-31-38(48(47)53-49)33-24-28-36(29-25-33)52-45-20-10-6-16-41(45)42-17-7-11-21-46(42)52/h1-4,6-14,16-31H,5,15H2. The summed E-state index contributed by atoms with van der Waals surface area (Å²) in [6, 6.07) is 59.4. The Balaban J connectivity index is 1.03. The molecule has 0 fully saturated rings. The first kappa shape index (κ1) is 30.2. The Labute approximate surface area is 311 Å². The second-order valence-electron chi connectivity index (χ2n) is 13.8. The number of hydrogen-bond acceptors (Lipinski definition) is 2. The van der Waals surface area contributed by atoms with Crippen LogP contribution in [0.15, 0.2) is 170 Å². The van der Waals surface area contributed by atoms with Crippen molar-refractivity contribution in [3.63, 3.8) is 0 Å². The van der Waals surface area contributed by atoms with Crippen molar-refractivity contribution < 1.29 is 0 Å². The number of rotatable bonds is 5. The highest BCUT2D eigenvalue weighted by atomic mass is 32.1. The summed E-state index contributed by atoms with van der Waals surface area (Å²) in [6.07, 6.45) is 6.77. The topological polar surface area (TPSA) is 22.8 Å². The molecule has 11 rings (SSSR count). The second kappa shape index (κ2) is 12.0. The molecule has 1 aliphatic rings. The summed E-state index contributed by atoms with van der Waals surface area (Å²) in [7, 11) is 0. The lowest BCUT2D eigenvalue weighted by Gasteiger charge is -2.13. The molecule has 3 heterocycles. The van der Waals surface area contributed by atoms with Crippen LogP contribution >= 0.6 is 11.3 Å². The minimum Gasteiger partial charge on any atom is -0.310 e. The van der Waals surface area contributed by atoms with Crippen LogP contribution in [0.4, 0.5) is 0 Å². The molecule has 0 spiro atoms. The number of fused-ring (bicyclic) bond motifs is 7. The van der Waals surface area contributed by atoms with Crippen molar-refractivity contribution in [2.75, 3.05) is 0 Å². The van der Waals surface area contributed by atoms with E-state index in [-0.39, 0.29) is 0 Å². The molecule has 3 nitrogen and oxygen atoms in total. The number of aromatic nitrogens is 3. The molecule has 0 aliphatic heterocycles. The number of allylic oxidation sites excluding steroid dienone is 1. The van der Waals surface area contributed by atoms with Crippen LogP contribution in [0, 0.1) is 0 Å². The van der Waals surface area contributed by atoms with Crippen molar-refractivity contribution in [3.05, 3.63) is 181 Å². The number of aryl methyl sites for hydroxylation is 1. The molecule has 3 aromatic heterocycles. The predicted molar refractivity (Wildman–Crippen MR) is 224 cm³/mol. The summed E-state index contributed by atoms with van der Waals surface area (Å²) < 4.78 is 5.99. The predicted octanol–water partition coefficient (Wildman–Crippen LogP) is 13.3. The molecule has 53 heavy (non-hydrogen) atoms. The molecule has 0 bridgehead atoms. The van der Waals surface area contributed by atoms with Gasteiger partial charge in [-0.1, -0.05) is 127 Å². The second-order valence-corrected chi connectivity index (χ2v) is 14.8. The Hall–Kier alpha value is -6.49. The lowest BCUT2D eigenvalue weighted by atomic mass is 9.98. The first-order valence-electron chi connectivity index (χ1n) is 18.3. The number of hydrogen-bond donors (Lipinski definition) is 0. The molecule has 0 amide bonds. The third kappa shape index (κ3) is 4.76. The van der Waals surface area contributed by atoms with Crippen molar-refractivity contribution in [2.24, 2.45) is 0 Å². The van der Waals surface area contributed by atoms with Crippen molar-refractivity contribution >= 4 is 60.3 Å². The van der Waals surface area contributed by atoms with Crippen LogP contribution in [-0.2, 0) is 6.42 Å². The quantitative estimate of drug-likeness (QED) is 0.176. The SMILES string of the molecule is C1=Cc2c(c3ccccc3n2-c2ccc(-c3ccc(-c4ccc(-n5c6ccccc6c6ccccc65)cc4)c4sc(-c5ccccc5)nc34)cc2)CC1. The average molecular weight is 696 g/mol. The molecule has 0 atom stereocenters. The highest BCUT2D eigenvalue weighted by Gasteiger charge is 2.20. The number of nitrogens with zero attached hydrogens (tertiary/aromatic N) is 3. The zero-order valence-electron chi connectivity index (χ0n) is 28.9. The smallest absolute Gasteiger partial charge is 0.124 e. The van der Waals surface area contributed by atoms with Gasteiger partial charge in [0.25, 0.3) is 0 Å².